The Balaban J connectivity index is 2.00. The first-order chi connectivity index (χ1) is 13.8. The summed E-state index contributed by atoms with van der Waals surface area (Å²) in [5.41, 5.74) is 0.976. The van der Waals surface area contributed by atoms with Crippen LogP contribution in [0.2, 0.25) is 0 Å². The van der Waals surface area contributed by atoms with E-state index in [0.717, 1.165) is 31.2 Å². The Bertz CT molecular complexity index is 762. The number of likely N-dealkylation sites (tertiary alicyclic amines) is 1. The molecule has 2 N–H and O–H groups in total. The highest BCUT2D eigenvalue weighted by Gasteiger charge is 2.23. The molecule has 2 rings (SSSR count). The quantitative estimate of drug-likeness (QED) is 0.471. The number of nitrogens with zero attached hydrogens (tertiary/aromatic N) is 3. The molecule has 1 fully saturated rings. The average Bonchev–Trinajstić information content (AvgIpc) is 3.17. The Labute approximate surface area is 176 Å². The minimum absolute atomic E-state index is 0.0819. The van der Waals surface area contributed by atoms with Crippen LogP contribution in [-0.4, -0.2) is 68.9 Å². The van der Waals surface area contributed by atoms with Gasteiger partial charge in [-0.25, -0.2) is 13.4 Å². The van der Waals surface area contributed by atoms with E-state index < -0.39 is 10.0 Å². The van der Waals surface area contributed by atoms with Crippen molar-refractivity contribution < 1.29 is 8.42 Å². The predicted octanol–water partition coefficient (Wildman–Crippen LogP) is 2.25. The van der Waals surface area contributed by atoms with Gasteiger partial charge in [0.1, 0.15) is 0 Å². The number of sulfonamides is 1. The molecule has 0 amide bonds. The van der Waals surface area contributed by atoms with Gasteiger partial charge in [0.2, 0.25) is 10.0 Å². The van der Waals surface area contributed by atoms with Crippen molar-refractivity contribution in [1.82, 2.24) is 19.8 Å². The third-order valence-electron chi connectivity index (χ3n) is 5.50. The summed E-state index contributed by atoms with van der Waals surface area (Å²) in [5, 5.41) is 6.75. The van der Waals surface area contributed by atoms with E-state index >= 15 is 0 Å². The molecular formula is C21H37N5O2S. The van der Waals surface area contributed by atoms with Crippen molar-refractivity contribution in [2.75, 3.05) is 33.2 Å². The van der Waals surface area contributed by atoms with E-state index in [2.05, 4.69) is 34.4 Å². The summed E-state index contributed by atoms with van der Waals surface area (Å²) in [6, 6.07) is 7.48. The van der Waals surface area contributed by atoms with Gasteiger partial charge in [-0.3, -0.25) is 4.90 Å². The fourth-order valence-corrected chi connectivity index (χ4v) is 4.85. The number of nitrogens with one attached hydrogen (secondary N) is 2. The number of likely N-dealkylation sites (N-methyl/N-ethyl adjacent to an activating group) is 1. The van der Waals surface area contributed by atoms with Crippen LogP contribution in [0, 0.1) is 0 Å². The first-order valence-electron chi connectivity index (χ1n) is 10.6. The lowest BCUT2D eigenvalue weighted by Crippen LogP contribution is -2.44. The van der Waals surface area contributed by atoms with Crippen molar-refractivity contribution in [2.24, 2.45) is 4.99 Å². The van der Waals surface area contributed by atoms with Crippen LogP contribution in [0.25, 0.3) is 0 Å². The standard InChI is InChI=1S/C21H37N5O2S/c1-6-22-21(24-16-19-9-8-14-26(19)7-2)23-15-18-10-12-20(13-11-18)29(27,28)25(5)17(3)4/h10-13,17,19H,6-9,14-16H2,1-5H3,(H2,22,23,24). The van der Waals surface area contributed by atoms with Gasteiger partial charge in [-0.15, -0.1) is 0 Å². The Morgan fingerprint density at radius 2 is 1.93 bits per heavy atom. The highest BCUT2D eigenvalue weighted by atomic mass is 32.2. The van der Waals surface area contributed by atoms with E-state index in [0.29, 0.717) is 17.5 Å². The molecule has 0 spiro atoms. The van der Waals surface area contributed by atoms with Crippen LogP contribution in [0.4, 0.5) is 0 Å². The van der Waals surface area contributed by atoms with Gasteiger partial charge in [0.15, 0.2) is 5.96 Å². The van der Waals surface area contributed by atoms with E-state index in [1.165, 1.54) is 23.7 Å². The Hall–Kier alpha value is -1.64. The van der Waals surface area contributed by atoms with Gasteiger partial charge in [0, 0.05) is 32.2 Å². The van der Waals surface area contributed by atoms with Gasteiger partial charge in [0.05, 0.1) is 11.4 Å². The van der Waals surface area contributed by atoms with E-state index in [9.17, 15) is 8.42 Å². The lowest BCUT2D eigenvalue weighted by Gasteiger charge is -2.24. The molecule has 1 aromatic carbocycles. The summed E-state index contributed by atoms with van der Waals surface area (Å²) in [5.74, 6) is 0.798. The third-order valence-corrected chi connectivity index (χ3v) is 7.55. The molecule has 0 bridgehead atoms. The van der Waals surface area contributed by atoms with Crippen LogP contribution < -0.4 is 10.6 Å². The van der Waals surface area contributed by atoms with Crippen molar-refractivity contribution in [3.8, 4) is 0 Å². The maximum absolute atomic E-state index is 12.6. The summed E-state index contributed by atoms with van der Waals surface area (Å²) >= 11 is 0. The highest BCUT2D eigenvalue weighted by Crippen LogP contribution is 2.18. The molecule has 0 aromatic heterocycles. The minimum Gasteiger partial charge on any atom is -0.357 e. The second-order valence-corrected chi connectivity index (χ2v) is 9.76. The van der Waals surface area contributed by atoms with Crippen LogP contribution in [0.5, 0.6) is 0 Å². The summed E-state index contributed by atoms with van der Waals surface area (Å²) in [4.78, 5) is 7.48. The number of rotatable bonds is 9. The Morgan fingerprint density at radius 3 is 2.52 bits per heavy atom. The molecule has 7 nitrogen and oxygen atoms in total. The third kappa shape index (κ3) is 6.42. The topological polar surface area (TPSA) is 77.0 Å². The van der Waals surface area contributed by atoms with E-state index in [1.807, 2.05) is 26.0 Å². The number of hydrogen-bond donors (Lipinski definition) is 2. The Kier molecular flexibility index (Phi) is 8.92. The summed E-state index contributed by atoms with van der Waals surface area (Å²) in [7, 11) is -1.84. The van der Waals surface area contributed by atoms with Crippen LogP contribution in [0.1, 0.15) is 46.1 Å². The SMILES string of the molecule is CCNC(=NCc1ccc(S(=O)(=O)N(C)C(C)C)cc1)NCC1CCCN1CC. The maximum Gasteiger partial charge on any atom is 0.243 e. The fraction of sp³-hybridized carbons (Fsp3) is 0.667. The monoisotopic (exact) mass is 423 g/mol. The summed E-state index contributed by atoms with van der Waals surface area (Å²) in [6.07, 6.45) is 2.48. The zero-order valence-corrected chi connectivity index (χ0v) is 19.3. The highest BCUT2D eigenvalue weighted by molar-refractivity contribution is 7.89. The number of guanidine groups is 1. The normalized spacial score (nSPS) is 18.6. The van der Waals surface area contributed by atoms with Crippen molar-refractivity contribution >= 4 is 16.0 Å². The average molecular weight is 424 g/mol. The number of benzene rings is 1. The smallest absolute Gasteiger partial charge is 0.243 e. The molecule has 0 radical (unpaired) electrons. The van der Waals surface area contributed by atoms with Gasteiger partial charge in [-0.2, -0.15) is 4.31 Å². The minimum atomic E-state index is -3.45. The van der Waals surface area contributed by atoms with Crippen LogP contribution in [-0.2, 0) is 16.6 Å². The second-order valence-electron chi connectivity index (χ2n) is 7.76. The summed E-state index contributed by atoms with van der Waals surface area (Å²) in [6.45, 7) is 12.4. The molecule has 1 unspecified atom stereocenters. The molecule has 0 saturated carbocycles. The maximum atomic E-state index is 12.6. The van der Waals surface area contributed by atoms with Gasteiger partial charge < -0.3 is 10.6 Å². The number of aliphatic imine (C=N–C) groups is 1. The molecule has 29 heavy (non-hydrogen) atoms. The first-order valence-corrected chi connectivity index (χ1v) is 12.1. The molecule has 0 aliphatic carbocycles. The zero-order chi connectivity index (χ0) is 21.4. The fourth-order valence-electron chi connectivity index (χ4n) is 3.48. The van der Waals surface area contributed by atoms with Crippen molar-refractivity contribution in [3.63, 3.8) is 0 Å². The molecule has 1 heterocycles. The van der Waals surface area contributed by atoms with Crippen LogP contribution >= 0.6 is 0 Å². The first kappa shape index (κ1) is 23.6. The largest absolute Gasteiger partial charge is 0.357 e. The zero-order valence-electron chi connectivity index (χ0n) is 18.5. The summed E-state index contributed by atoms with van der Waals surface area (Å²) < 4.78 is 26.5. The van der Waals surface area contributed by atoms with Crippen LogP contribution in [0.3, 0.4) is 0 Å². The van der Waals surface area contributed by atoms with Gasteiger partial charge in [0.25, 0.3) is 0 Å². The second kappa shape index (κ2) is 10.9. The van der Waals surface area contributed by atoms with Crippen molar-refractivity contribution in [2.45, 2.75) is 64.1 Å². The van der Waals surface area contributed by atoms with E-state index in [-0.39, 0.29) is 6.04 Å². The molecular weight excluding hydrogens is 386 g/mol. The predicted molar refractivity (Wildman–Crippen MR) is 120 cm³/mol. The van der Waals surface area contributed by atoms with E-state index in [4.69, 9.17) is 0 Å². The molecule has 1 aliphatic rings. The van der Waals surface area contributed by atoms with E-state index in [1.54, 1.807) is 19.2 Å². The molecule has 8 heteroatoms. The Morgan fingerprint density at radius 1 is 1.24 bits per heavy atom. The van der Waals surface area contributed by atoms with Crippen molar-refractivity contribution in [3.05, 3.63) is 29.8 Å². The lowest BCUT2D eigenvalue weighted by molar-refractivity contribution is 0.267. The van der Waals surface area contributed by atoms with Crippen LogP contribution in [0.15, 0.2) is 34.2 Å². The van der Waals surface area contributed by atoms with Gasteiger partial charge in [-0.05, 0) is 64.4 Å². The molecule has 1 saturated heterocycles. The molecule has 1 aliphatic heterocycles. The molecule has 164 valence electrons. The van der Waals surface area contributed by atoms with Gasteiger partial charge >= 0.3 is 0 Å². The van der Waals surface area contributed by atoms with Gasteiger partial charge in [-0.1, -0.05) is 19.1 Å². The molecule has 1 aromatic rings. The lowest BCUT2D eigenvalue weighted by atomic mass is 10.2. The van der Waals surface area contributed by atoms with Crippen molar-refractivity contribution in [1.29, 1.82) is 0 Å². The molecule has 1 atom stereocenters. The number of hydrogen-bond acceptors (Lipinski definition) is 4.